The van der Waals surface area contributed by atoms with E-state index in [1.165, 1.54) is 0 Å². The molecule has 108 valence electrons. The normalized spacial score (nSPS) is 20.6. The van der Waals surface area contributed by atoms with Gasteiger partial charge in [0, 0.05) is 0 Å². The highest BCUT2D eigenvalue weighted by Gasteiger charge is 2.40. The number of aliphatic hydroxyl groups is 1. The summed E-state index contributed by atoms with van der Waals surface area (Å²) in [6.07, 6.45) is -0.695. The largest absolute Gasteiger partial charge is 0.497 e. The SMILES string of the molecule is COc1ccc(COC(=O)NC2C(=O)NC2CO)cc1. The minimum atomic E-state index is -0.733. The summed E-state index contributed by atoms with van der Waals surface area (Å²) < 4.78 is 10.0. The predicted molar refractivity (Wildman–Crippen MR) is 69.1 cm³/mol. The fourth-order valence-corrected chi connectivity index (χ4v) is 1.80. The second kappa shape index (κ2) is 6.25. The lowest BCUT2D eigenvalue weighted by Crippen LogP contribution is -2.70. The molecule has 2 atom stereocenters. The van der Waals surface area contributed by atoms with Crippen LogP contribution >= 0.6 is 0 Å². The van der Waals surface area contributed by atoms with Crippen LogP contribution in [0.3, 0.4) is 0 Å². The highest BCUT2D eigenvalue weighted by Crippen LogP contribution is 2.12. The molecular weight excluding hydrogens is 264 g/mol. The molecule has 2 amide bonds. The molecule has 2 unspecified atom stereocenters. The number of rotatable bonds is 5. The topological polar surface area (TPSA) is 96.9 Å². The summed E-state index contributed by atoms with van der Waals surface area (Å²) in [6, 6.07) is 5.90. The van der Waals surface area contributed by atoms with E-state index in [9.17, 15) is 9.59 Å². The van der Waals surface area contributed by atoms with Crippen LogP contribution in [0.2, 0.25) is 0 Å². The Morgan fingerprint density at radius 1 is 1.40 bits per heavy atom. The van der Waals surface area contributed by atoms with Crippen LogP contribution in [0.5, 0.6) is 5.75 Å². The summed E-state index contributed by atoms with van der Waals surface area (Å²) in [5.74, 6) is 0.389. The van der Waals surface area contributed by atoms with Crippen LogP contribution in [0, 0.1) is 0 Å². The van der Waals surface area contributed by atoms with Crippen LogP contribution in [0.15, 0.2) is 24.3 Å². The van der Waals surface area contributed by atoms with Crippen LogP contribution < -0.4 is 15.4 Å². The van der Waals surface area contributed by atoms with Gasteiger partial charge < -0.3 is 25.2 Å². The fraction of sp³-hybridized carbons (Fsp3) is 0.385. The molecule has 0 spiro atoms. The zero-order chi connectivity index (χ0) is 14.5. The molecule has 7 nitrogen and oxygen atoms in total. The second-order valence-electron chi connectivity index (χ2n) is 4.34. The van der Waals surface area contributed by atoms with Crippen LogP contribution in [0.25, 0.3) is 0 Å². The van der Waals surface area contributed by atoms with Gasteiger partial charge in [-0.1, -0.05) is 12.1 Å². The first-order valence-electron chi connectivity index (χ1n) is 6.11. The molecule has 0 aliphatic carbocycles. The fourth-order valence-electron chi connectivity index (χ4n) is 1.80. The van der Waals surface area contributed by atoms with Gasteiger partial charge in [0.25, 0.3) is 0 Å². The van der Waals surface area contributed by atoms with Crippen molar-refractivity contribution in [1.29, 1.82) is 0 Å². The van der Waals surface area contributed by atoms with E-state index in [0.717, 1.165) is 11.3 Å². The van der Waals surface area contributed by atoms with E-state index in [0.29, 0.717) is 0 Å². The Bertz CT molecular complexity index is 488. The third kappa shape index (κ3) is 3.18. The maximum absolute atomic E-state index is 11.5. The zero-order valence-corrected chi connectivity index (χ0v) is 11.0. The number of nitrogens with one attached hydrogen (secondary N) is 2. The van der Waals surface area contributed by atoms with Gasteiger partial charge in [-0.05, 0) is 17.7 Å². The summed E-state index contributed by atoms with van der Waals surface area (Å²) >= 11 is 0. The number of aliphatic hydroxyl groups excluding tert-OH is 1. The minimum absolute atomic E-state index is 0.0912. The number of carbonyl (C=O) groups excluding carboxylic acids is 2. The number of β-lactam (4-membered cyclic amide) rings is 1. The Kier molecular flexibility index (Phi) is 4.41. The molecule has 0 radical (unpaired) electrons. The zero-order valence-electron chi connectivity index (χ0n) is 11.0. The molecule has 1 aromatic rings. The summed E-state index contributed by atoms with van der Waals surface area (Å²) in [5, 5.41) is 13.8. The van der Waals surface area contributed by atoms with E-state index in [1.807, 2.05) is 0 Å². The molecule has 1 aliphatic heterocycles. The molecule has 7 heteroatoms. The first kappa shape index (κ1) is 14.1. The smallest absolute Gasteiger partial charge is 0.408 e. The number of amides is 2. The van der Waals surface area contributed by atoms with Gasteiger partial charge in [-0.2, -0.15) is 0 Å². The summed E-state index contributed by atoms with van der Waals surface area (Å²) in [6.45, 7) is -0.136. The summed E-state index contributed by atoms with van der Waals surface area (Å²) in [4.78, 5) is 22.7. The average molecular weight is 280 g/mol. The van der Waals surface area contributed by atoms with E-state index in [-0.39, 0.29) is 19.1 Å². The third-order valence-corrected chi connectivity index (χ3v) is 3.01. The predicted octanol–water partition coefficient (Wildman–Crippen LogP) is -0.219. The van der Waals surface area contributed by atoms with Crippen molar-refractivity contribution in [1.82, 2.24) is 10.6 Å². The van der Waals surface area contributed by atoms with Crippen molar-refractivity contribution < 1.29 is 24.2 Å². The number of hydrogen-bond donors (Lipinski definition) is 3. The minimum Gasteiger partial charge on any atom is -0.497 e. The quantitative estimate of drug-likeness (QED) is 0.648. The lowest BCUT2D eigenvalue weighted by Gasteiger charge is -2.35. The number of carbonyl (C=O) groups is 2. The van der Waals surface area contributed by atoms with Gasteiger partial charge >= 0.3 is 6.09 Å². The Balaban J connectivity index is 1.78. The van der Waals surface area contributed by atoms with Gasteiger partial charge in [-0.25, -0.2) is 4.79 Å². The lowest BCUT2D eigenvalue weighted by atomic mass is 10.0. The molecule has 2 rings (SSSR count). The molecule has 1 aromatic carbocycles. The van der Waals surface area contributed by atoms with Gasteiger partial charge in [0.1, 0.15) is 18.4 Å². The van der Waals surface area contributed by atoms with Crippen LogP contribution in [0.4, 0.5) is 4.79 Å². The maximum Gasteiger partial charge on any atom is 0.408 e. The number of hydrogen-bond acceptors (Lipinski definition) is 5. The number of alkyl carbamates (subject to hydrolysis) is 1. The molecule has 1 aliphatic rings. The van der Waals surface area contributed by atoms with E-state index >= 15 is 0 Å². The molecule has 0 bridgehead atoms. The van der Waals surface area contributed by atoms with Crippen molar-refractivity contribution in [3.63, 3.8) is 0 Å². The highest BCUT2D eigenvalue weighted by molar-refractivity contribution is 5.92. The second-order valence-corrected chi connectivity index (χ2v) is 4.34. The van der Waals surface area contributed by atoms with E-state index in [2.05, 4.69) is 10.6 Å². The summed E-state index contributed by atoms with van der Waals surface area (Å²) in [5.41, 5.74) is 0.803. The maximum atomic E-state index is 11.5. The molecule has 3 N–H and O–H groups in total. The Morgan fingerprint density at radius 3 is 2.65 bits per heavy atom. The molecule has 1 heterocycles. The van der Waals surface area contributed by atoms with Crippen molar-refractivity contribution in [2.45, 2.75) is 18.7 Å². The first-order valence-corrected chi connectivity index (χ1v) is 6.11. The molecule has 0 aromatic heterocycles. The number of ether oxygens (including phenoxy) is 2. The lowest BCUT2D eigenvalue weighted by molar-refractivity contribution is -0.132. The first-order chi connectivity index (χ1) is 9.63. The monoisotopic (exact) mass is 280 g/mol. The molecule has 1 fully saturated rings. The third-order valence-electron chi connectivity index (χ3n) is 3.01. The number of benzene rings is 1. The standard InChI is InChI=1S/C13H16N2O5/c1-19-9-4-2-8(3-5-9)7-20-13(18)15-11-10(6-16)14-12(11)17/h2-5,10-11,16H,6-7H2,1H3,(H,14,17)(H,15,18). The Hall–Kier alpha value is -2.28. The van der Waals surface area contributed by atoms with E-state index in [4.69, 9.17) is 14.6 Å². The average Bonchev–Trinajstić information content (AvgIpc) is 2.48. The van der Waals surface area contributed by atoms with E-state index in [1.54, 1.807) is 31.4 Å². The van der Waals surface area contributed by atoms with Gasteiger partial charge in [0.05, 0.1) is 19.8 Å². The molecular formula is C13H16N2O5. The number of methoxy groups -OCH3 is 1. The molecule has 0 saturated carbocycles. The molecule has 1 saturated heterocycles. The Labute approximate surface area is 115 Å². The van der Waals surface area contributed by atoms with Gasteiger partial charge in [-0.15, -0.1) is 0 Å². The molecule has 20 heavy (non-hydrogen) atoms. The van der Waals surface area contributed by atoms with Crippen LogP contribution in [-0.2, 0) is 16.1 Å². The van der Waals surface area contributed by atoms with Gasteiger partial charge in [0.15, 0.2) is 0 Å². The van der Waals surface area contributed by atoms with Crippen molar-refractivity contribution >= 4 is 12.0 Å². The Morgan fingerprint density at radius 2 is 2.10 bits per heavy atom. The van der Waals surface area contributed by atoms with Crippen molar-refractivity contribution in [2.75, 3.05) is 13.7 Å². The van der Waals surface area contributed by atoms with Gasteiger partial charge in [-0.3, -0.25) is 4.79 Å². The van der Waals surface area contributed by atoms with E-state index < -0.39 is 18.2 Å². The highest BCUT2D eigenvalue weighted by atomic mass is 16.5. The van der Waals surface area contributed by atoms with Crippen LogP contribution in [-0.4, -0.2) is 42.9 Å². The van der Waals surface area contributed by atoms with Crippen LogP contribution in [0.1, 0.15) is 5.56 Å². The van der Waals surface area contributed by atoms with Crippen molar-refractivity contribution in [3.8, 4) is 5.75 Å². The van der Waals surface area contributed by atoms with Crippen molar-refractivity contribution in [3.05, 3.63) is 29.8 Å². The summed E-state index contributed by atoms with van der Waals surface area (Å²) in [7, 11) is 1.57. The van der Waals surface area contributed by atoms with Crippen molar-refractivity contribution in [2.24, 2.45) is 0 Å². The van der Waals surface area contributed by atoms with Gasteiger partial charge in [0.2, 0.25) is 5.91 Å².